The number of nitrogens with one attached hydrogen (secondary N) is 1. The van der Waals surface area contributed by atoms with Gasteiger partial charge in [0.1, 0.15) is 0 Å². The molecule has 4 aromatic rings. The van der Waals surface area contributed by atoms with Gasteiger partial charge in [0.05, 0.1) is 26.9 Å². The molecule has 31 heavy (non-hydrogen) atoms. The van der Waals surface area contributed by atoms with Crippen molar-refractivity contribution in [3.63, 3.8) is 0 Å². The van der Waals surface area contributed by atoms with E-state index in [9.17, 15) is 14.9 Å². The molecule has 0 aliphatic carbocycles. The van der Waals surface area contributed by atoms with E-state index < -0.39 is 10.8 Å². The largest absolute Gasteiger partial charge is 0.348 e. The lowest BCUT2D eigenvalue weighted by atomic mass is 10.1. The number of nitrogens with zero attached hydrogens (tertiary/aromatic N) is 3. The second-order valence-corrected chi connectivity index (χ2v) is 7.16. The van der Waals surface area contributed by atoms with Crippen LogP contribution < -0.4 is 5.32 Å². The van der Waals surface area contributed by atoms with Crippen LogP contribution in [-0.2, 0) is 6.54 Å². The molecule has 0 aliphatic heterocycles. The minimum Gasteiger partial charge on any atom is -0.348 e. The van der Waals surface area contributed by atoms with Crippen LogP contribution in [0.2, 0.25) is 5.02 Å². The van der Waals surface area contributed by atoms with E-state index >= 15 is 0 Å². The first kappa shape index (κ1) is 20.3. The number of rotatable bonds is 6. The number of amides is 1. The van der Waals surface area contributed by atoms with Gasteiger partial charge in [0.25, 0.3) is 11.6 Å². The Morgan fingerprint density at radius 1 is 1.03 bits per heavy atom. The Labute approximate surface area is 183 Å². The summed E-state index contributed by atoms with van der Waals surface area (Å²) in [5.74, 6) is -0.500. The Balaban J connectivity index is 1.64. The first-order valence-electron chi connectivity index (χ1n) is 9.44. The standard InChI is InChI=1S/C23H17ClN4O3/c24-21-12-11-19(28(30)31)13-20(21)23(29)25-14-17-15-27(18-9-5-2-6-10-18)26-22(17)16-7-3-1-4-8-16/h1-13,15H,14H2,(H,25,29). The van der Waals surface area contributed by atoms with Gasteiger partial charge in [-0.1, -0.05) is 60.1 Å². The first-order chi connectivity index (χ1) is 15.0. The van der Waals surface area contributed by atoms with Crippen molar-refractivity contribution in [1.82, 2.24) is 15.1 Å². The summed E-state index contributed by atoms with van der Waals surface area (Å²) in [7, 11) is 0. The van der Waals surface area contributed by atoms with Gasteiger partial charge in [-0.2, -0.15) is 5.10 Å². The summed E-state index contributed by atoms with van der Waals surface area (Å²) in [6.45, 7) is 0.176. The zero-order chi connectivity index (χ0) is 21.8. The number of nitro groups is 1. The number of carbonyl (C=O) groups excluding carboxylic acids is 1. The number of hydrogen-bond acceptors (Lipinski definition) is 4. The molecule has 3 aromatic carbocycles. The van der Waals surface area contributed by atoms with Crippen molar-refractivity contribution < 1.29 is 9.72 Å². The maximum Gasteiger partial charge on any atom is 0.270 e. The van der Waals surface area contributed by atoms with Gasteiger partial charge in [-0.15, -0.1) is 0 Å². The lowest BCUT2D eigenvalue weighted by molar-refractivity contribution is -0.384. The molecule has 0 atom stereocenters. The van der Waals surface area contributed by atoms with E-state index in [1.807, 2.05) is 66.9 Å². The van der Waals surface area contributed by atoms with Crippen LogP contribution in [0.5, 0.6) is 0 Å². The number of nitro benzene ring substituents is 1. The molecular weight excluding hydrogens is 416 g/mol. The first-order valence-corrected chi connectivity index (χ1v) is 9.82. The van der Waals surface area contributed by atoms with Crippen LogP contribution in [0.15, 0.2) is 85.1 Å². The fourth-order valence-corrected chi connectivity index (χ4v) is 3.37. The number of para-hydroxylation sites is 1. The third-order valence-electron chi connectivity index (χ3n) is 4.70. The average molecular weight is 433 g/mol. The number of non-ortho nitro benzene ring substituents is 1. The van der Waals surface area contributed by atoms with Crippen LogP contribution in [-0.4, -0.2) is 20.6 Å². The van der Waals surface area contributed by atoms with Crippen molar-refractivity contribution in [3.8, 4) is 16.9 Å². The van der Waals surface area contributed by atoms with Gasteiger partial charge in [0.15, 0.2) is 0 Å². The normalized spacial score (nSPS) is 10.6. The Morgan fingerprint density at radius 2 is 1.71 bits per heavy atom. The van der Waals surface area contributed by atoms with Crippen molar-refractivity contribution in [2.75, 3.05) is 0 Å². The van der Waals surface area contributed by atoms with E-state index in [2.05, 4.69) is 5.32 Å². The van der Waals surface area contributed by atoms with Gasteiger partial charge in [-0.25, -0.2) is 4.68 Å². The summed E-state index contributed by atoms with van der Waals surface area (Å²) in [6, 6.07) is 23.1. The van der Waals surface area contributed by atoms with E-state index in [0.29, 0.717) is 0 Å². The SMILES string of the molecule is O=C(NCc1cn(-c2ccccc2)nc1-c1ccccc1)c1cc([N+](=O)[O-])ccc1Cl. The van der Waals surface area contributed by atoms with Crippen molar-refractivity contribution in [2.45, 2.75) is 6.54 Å². The van der Waals surface area contributed by atoms with Gasteiger partial charge in [0.2, 0.25) is 0 Å². The molecule has 1 aromatic heterocycles. The van der Waals surface area contributed by atoms with Crippen LogP contribution in [0.1, 0.15) is 15.9 Å². The van der Waals surface area contributed by atoms with Crippen molar-refractivity contribution in [2.24, 2.45) is 0 Å². The molecule has 7 nitrogen and oxygen atoms in total. The molecular formula is C23H17ClN4O3. The molecule has 0 aliphatic rings. The van der Waals surface area contributed by atoms with Gasteiger partial charge in [-0.05, 0) is 18.2 Å². The van der Waals surface area contributed by atoms with Gasteiger partial charge < -0.3 is 5.32 Å². The summed E-state index contributed by atoms with van der Waals surface area (Å²) in [4.78, 5) is 23.2. The lowest BCUT2D eigenvalue weighted by Gasteiger charge is -2.07. The Kier molecular flexibility index (Phi) is 5.77. The molecule has 0 fully saturated rings. The topological polar surface area (TPSA) is 90.1 Å². The molecule has 0 unspecified atom stereocenters. The highest BCUT2D eigenvalue weighted by Gasteiger charge is 2.18. The van der Waals surface area contributed by atoms with Gasteiger partial charge >= 0.3 is 0 Å². The molecule has 0 radical (unpaired) electrons. The Bertz CT molecular complexity index is 1240. The zero-order valence-electron chi connectivity index (χ0n) is 16.2. The Morgan fingerprint density at radius 3 is 2.39 bits per heavy atom. The van der Waals surface area contributed by atoms with Crippen molar-refractivity contribution in [1.29, 1.82) is 0 Å². The van der Waals surface area contributed by atoms with E-state index in [1.165, 1.54) is 18.2 Å². The van der Waals surface area contributed by atoms with Crippen LogP contribution in [0.4, 0.5) is 5.69 Å². The third kappa shape index (κ3) is 4.46. The monoisotopic (exact) mass is 432 g/mol. The summed E-state index contributed by atoms with van der Waals surface area (Å²) >= 11 is 6.09. The minimum atomic E-state index is -0.565. The Hall–Kier alpha value is -3.97. The number of aromatic nitrogens is 2. The molecule has 4 rings (SSSR count). The van der Waals surface area contributed by atoms with Gasteiger partial charge in [-0.3, -0.25) is 14.9 Å². The van der Waals surface area contributed by atoms with Crippen molar-refractivity contribution in [3.05, 3.63) is 111 Å². The third-order valence-corrected chi connectivity index (χ3v) is 5.03. The highest BCUT2D eigenvalue weighted by Crippen LogP contribution is 2.25. The molecule has 1 amide bonds. The average Bonchev–Trinajstić information content (AvgIpc) is 3.23. The maximum absolute atomic E-state index is 12.7. The summed E-state index contributed by atoms with van der Waals surface area (Å²) in [5.41, 5.74) is 3.18. The molecule has 0 saturated carbocycles. The van der Waals surface area contributed by atoms with Crippen LogP contribution in [0.3, 0.4) is 0 Å². The molecule has 1 heterocycles. The highest BCUT2D eigenvalue weighted by molar-refractivity contribution is 6.33. The van der Waals surface area contributed by atoms with Gasteiger partial charge in [0, 0.05) is 36.0 Å². The van der Waals surface area contributed by atoms with E-state index in [4.69, 9.17) is 16.7 Å². The van der Waals surface area contributed by atoms with E-state index in [0.717, 1.165) is 22.5 Å². The van der Waals surface area contributed by atoms with Crippen LogP contribution in [0.25, 0.3) is 16.9 Å². The molecule has 0 saturated heterocycles. The van der Waals surface area contributed by atoms with E-state index in [1.54, 1.807) is 4.68 Å². The highest BCUT2D eigenvalue weighted by atomic mass is 35.5. The maximum atomic E-state index is 12.7. The molecule has 8 heteroatoms. The summed E-state index contributed by atoms with van der Waals surface area (Å²) < 4.78 is 1.75. The lowest BCUT2D eigenvalue weighted by Crippen LogP contribution is -2.23. The smallest absolute Gasteiger partial charge is 0.270 e. The number of halogens is 1. The predicted molar refractivity (Wildman–Crippen MR) is 118 cm³/mol. The minimum absolute atomic E-state index is 0.0487. The fourth-order valence-electron chi connectivity index (χ4n) is 3.16. The molecule has 0 bridgehead atoms. The molecule has 1 N–H and O–H groups in total. The fraction of sp³-hybridized carbons (Fsp3) is 0.0435. The molecule has 154 valence electrons. The number of hydrogen-bond donors (Lipinski definition) is 1. The van der Waals surface area contributed by atoms with Crippen LogP contribution >= 0.6 is 11.6 Å². The second kappa shape index (κ2) is 8.81. The second-order valence-electron chi connectivity index (χ2n) is 6.75. The summed E-state index contributed by atoms with van der Waals surface area (Å²) in [6.07, 6.45) is 1.85. The summed E-state index contributed by atoms with van der Waals surface area (Å²) in [5, 5.41) is 18.7. The number of carbonyl (C=O) groups is 1. The predicted octanol–water partition coefficient (Wildman–Crippen LogP) is 5.03. The van der Waals surface area contributed by atoms with Crippen molar-refractivity contribution >= 4 is 23.2 Å². The zero-order valence-corrected chi connectivity index (χ0v) is 17.0. The quantitative estimate of drug-likeness (QED) is 0.341. The molecule has 0 spiro atoms. The van der Waals surface area contributed by atoms with E-state index in [-0.39, 0.29) is 22.8 Å². The van der Waals surface area contributed by atoms with Crippen LogP contribution in [0, 0.1) is 10.1 Å². The number of benzene rings is 3.